The molecule has 26 heavy (non-hydrogen) atoms. The van der Waals surface area contributed by atoms with E-state index in [1.807, 2.05) is 24.6 Å². The monoisotopic (exact) mass is 354 g/mol. The lowest BCUT2D eigenvalue weighted by Crippen LogP contribution is -2.28. The molecule has 1 aliphatic heterocycles. The number of hydrogen-bond donors (Lipinski definition) is 0. The highest BCUT2D eigenvalue weighted by Crippen LogP contribution is 2.18. The minimum Gasteiger partial charge on any atom is -0.361 e. The summed E-state index contributed by atoms with van der Waals surface area (Å²) in [7, 11) is 0. The highest BCUT2D eigenvalue weighted by molar-refractivity contribution is 5.20. The zero-order chi connectivity index (χ0) is 18.1. The number of imidazole rings is 1. The minimum absolute atomic E-state index is 0.0179. The molecule has 1 aliphatic rings. The summed E-state index contributed by atoms with van der Waals surface area (Å²) in [6, 6.07) is 1.63. The standard InChI is InChI=1S/C18H22N6O2/c1-13-16(14(2)26-21-13)10-22-5-3-6-24-17(11-22)20-15(8-18(24)25)9-23-7-4-19-12-23/h4,7-8,12H,3,5-6,9-11H2,1-2H3. The van der Waals surface area contributed by atoms with Gasteiger partial charge in [-0.05, 0) is 20.3 Å². The minimum atomic E-state index is 0.0179. The van der Waals surface area contributed by atoms with Crippen LogP contribution in [0.1, 0.15) is 35.0 Å². The van der Waals surface area contributed by atoms with Crippen LogP contribution in [0.2, 0.25) is 0 Å². The van der Waals surface area contributed by atoms with E-state index in [0.29, 0.717) is 19.6 Å². The second-order valence-corrected chi connectivity index (χ2v) is 6.76. The molecule has 136 valence electrons. The van der Waals surface area contributed by atoms with E-state index in [-0.39, 0.29) is 5.56 Å². The van der Waals surface area contributed by atoms with Crippen molar-refractivity contribution in [3.8, 4) is 0 Å². The predicted octanol–water partition coefficient (Wildman–Crippen LogP) is 1.50. The molecule has 8 nitrogen and oxygen atoms in total. The van der Waals surface area contributed by atoms with Gasteiger partial charge < -0.3 is 9.09 Å². The molecule has 0 atom stereocenters. The number of aryl methyl sites for hydroxylation is 2. The Balaban J connectivity index is 1.60. The highest BCUT2D eigenvalue weighted by atomic mass is 16.5. The van der Waals surface area contributed by atoms with Gasteiger partial charge in [0.25, 0.3) is 5.56 Å². The molecule has 4 heterocycles. The normalized spacial score (nSPS) is 15.0. The van der Waals surface area contributed by atoms with Gasteiger partial charge in [-0.1, -0.05) is 5.16 Å². The van der Waals surface area contributed by atoms with Gasteiger partial charge in [-0.2, -0.15) is 0 Å². The first-order valence-corrected chi connectivity index (χ1v) is 8.79. The predicted molar refractivity (Wildman–Crippen MR) is 94.5 cm³/mol. The summed E-state index contributed by atoms with van der Waals surface area (Å²) in [5, 5.41) is 4.04. The Morgan fingerprint density at radius 3 is 2.85 bits per heavy atom. The van der Waals surface area contributed by atoms with E-state index < -0.39 is 0 Å². The molecule has 0 radical (unpaired) electrons. The third-order valence-corrected chi connectivity index (χ3v) is 4.83. The Labute approximate surface area is 151 Å². The van der Waals surface area contributed by atoms with Crippen LogP contribution >= 0.6 is 0 Å². The van der Waals surface area contributed by atoms with Crippen LogP contribution in [0, 0.1) is 13.8 Å². The zero-order valence-electron chi connectivity index (χ0n) is 15.1. The molecular formula is C18H22N6O2. The van der Waals surface area contributed by atoms with Gasteiger partial charge in [0.15, 0.2) is 0 Å². The van der Waals surface area contributed by atoms with Gasteiger partial charge in [0, 0.05) is 43.7 Å². The van der Waals surface area contributed by atoms with Crippen molar-refractivity contribution in [2.45, 2.75) is 46.4 Å². The smallest absolute Gasteiger partial charge is 0.253 e. The molecule has 0 aromatic carbocycles. The van der Waals surface area contributed by atoms with Gasteiger partial charge in [0.1, 0.15) is 11.6 Å². The molecule has 8 heteroatoms. The second-order valence-electron chi connectivity index (χ2n) is 6.76. The Hall–Kier alpha value is -2.74. The topological polar surface area (TPSA) is 82.0 Å². The summed E-state index contributed by atoms with van der Waals surface area (Å²) in [6.45, 7) is 7.44. The molecule has 0 unspecified atom stereocenters. The van der Waals surface area contributed by atoms with Crippen molar-refractivity contribution in [3.05, 3.63) is 63.7 Å². The third-order valence-electron chi connectivity index (χ3n) is 4.83. The van der Waals surface area contributed by atoms with Crippen molar-refractivity contribution in [2.75, 3.05) is 6.54 Å². The van der Waals surface area contributed by atoms with Crippen molar-refractivity contribution in [1.82, 2.24) is 29.2 Å². The van der Waals surface area contributed by atoms with Crippen molar-refractivity contribution in [1.29, 1.82) is 0 Å². The molecule has 0 aliphatic carbocycles. The average Bonchev–Trinajstić information content (AvgIpc) is 3.15. The maximum Gasteiger partial charge on any atom is 0.253 e. The van der Waals surface area contributed by atoms with Gasteiger partial charge >= 0.3 is 0 Å². The van der Waals surface area contributed by atoms with E-state index in [0.717, 1.165) is 48.0 Å². The van der Waals surface area contributed by atoms with Crippen LogP contribution in [0.4, 0.5) is 0 Å². The number of nitrogens with zero attached hydrogens (tertiary/aromatic N) is 6. The van der Waals surface area contributed by atoms with E-state index >= 15 is 0 Å². The lowest BCUT2D eigenvalue weighted by Gasteiger charge is -2.19. The Bertz CT molecular complexity index is 937. The lowest BCUT2D eigenvalue weighted by atomic mass is 10.2. The molecule has 3 aromatic heterocycles. The van der Waals surface area contributed by atoms with Gasteiger partial charge in [0.05, 0.1) is 30.8 Å². The summed E-state index contributed by atoms with van der Waals surface area (Å²) in [5.74, 6) is 1.67. The van der Waals surface area contributed by atoms with Gasteiger partial charge in [-0.3, -0.25) is 14.3 Å². The van der Waals surface area contributed by atoms with Crippen LogP contribution in [-0.2, 0) is 26.2 Å². The Morgan fingerprint density at radius 2 is 2.12 bits per heavy atom. The third kappa shape index (κ3) is 3.32. The first-order valence-electron chi connectivity index (χ1n) is 8.79. The van der Waals surface area contributed by atoms with Crippen molar-refractivity contribution >= 4 is 0 Å². The first kappa shape index (κ1) is 16.7. The van der Waals surface area contributed by atoms with Gasteiger partial charge in [-0.25, -0.2) is 9.97 Å². The molecule has 4 rings (SSSR count). The molecule has 0 saturated carbocycles. The van der Waals surface area contributed by atoms with E-state index in [9.17, 15) is 4.79 Å². The highest BCUT2D eigenvalue weighted by Gasteiger charge is 2.20. The second kappa shape index (κ2) is 6.87. The van der Waals surface area contributed by atoms with E-state index in [2.05, 4.69) is 15.0 Å². The molecule has 0 saturated heterocycles. The van der Waals surface area contributed by atoms with Crippen molar-refractivity contribution < 1.29 is 4.52 Å². The molecule has 0 N–H and O–H groups in total. The molecule has 0 amide bonds. The van der Waals surface area contributed by atoms with Crippen LogP contribution in [0.3, 0.4) is 0 Å². The van der Waals surface area contributed by atoms with Crippen molar-refractivity contribution in [2.24, 2.45) is 0 Å². The quantitative estimate of drug-likeness (QED) is 0.706. The fourth-order valence-electron chi connectivity index (χ4n) is 3.43. The molecule has 3 aromatic rings. The van der Waals surface area contributed by atoms with E-state index in [1.165, 1.54) is 0 Å². The Morgan fingerprint density at radius 1 is 1.23 bits per heavy atom. The largest absolute Gasteiger partial charge is 0.361 e. The molecule has 0 spiro atoms. The fourth-order valence-corrected chi connectivity index (χ4v) is 3.43. The number of hydrogen-bond acceptors (Lipinski definition) is 6. The number of aromatic nitrogens is 5. The summed E-state index contributed by atoms with van der Waals surface area (Å²) in [5.41, 5.74) is 2.82. The SMILES string of the molecule is Cc1noc(C)c1CN1CCCn2c(nc(Cn3ccnc3)cc2=O)C1. The molecular weight excluding hydrogens is 332 g/mol. The van der Waals surface area contributed by atoms with Gasteiger partial charge in [-0.15, -0.1) is 0 Å². The summed E-state index contributed by atoms with van der Waals surface area (Å²) in [6.07, 6.45) is 6.24. The fraction of sp³-hybridized carbons (Fsp3) is 0.444. The maximum absolute atomic E-state index is 12.6. The van der Waals surface area contributed by atoms with E-state index in [4.69, 9.17) is 9.51 Å². The van der Waals surface area contributed by atoms with Crippen LogP contribution in [0.25, 0.3) is 0 Å². The van der Waals surface area contributed by atoms with Gasteiger partial charge in [0.2, 0.25) is 0 Å². The first-order chi connectivity index (χ1) is 12.6. The number of fused-ring (bicyclic) bond motifs is 1. The van der Waals surface area contributed by atoms with Crippen LogP contribution in [-0.4, -0.2) is 35.7 Å². The van der Waals surface area contributed by atoms with Crippen LogP contribution in [0.15, 0.2) is 34.1 Å². The van der Waals surface area contributed by atoms with Crippen LogP contribution in [0.5, 0.6) is 0 Å². The van der Waals surface area contributed by atoms with Crippen LogP contribution < -0.4 is 5.56 Å². The molecule has 0 fully saturated rings. The summed E-state index contributed by atoms with van der Waals surface area (Å²) in [4.78, 5) is 23.7. The van der Waals surface area contributed by atoms with E-state index in [1.54, 1.807) is 23.2 Å². The number of rotatable bonds is 4. The molecule has 0 bridgehead atoms. The summed E-state index contributed by atoms with van der Waals surface area (Å²) >= 11 is 0. The lowest BCUT2D eigenvalue weighted by molar-refractivity contribution is 0.255. The zero-order valence-corrected chi connectivity index (χ0v) is 15.1. The Kier molecular flexibility index (Phi) is 4.42. The maximum atomic E-state index is 12.6. The summed E-state index contributed by atoms with van der Waals surface area (Å²) < 4.78 is 8.99. The van der Waals surface area contributed by atoms with Crippen molar-refractivity contribution in [3.63, 3.8) is 0 Å². The average molecular weight is 354 g/mol.